The molecule has 1 heterocycles. The summed E-state index contributed by atoms with van der Waals surface area (Å²) in [5.41, 5.74) is 1.27. The minimum atomic E-state index is -1.03. The molecule has 6 heteroatoms. The first-order valence-corrected chi connectivity index (χ1v) is 8.95. The van der Waals surface area contributed by atoms with E-state index < -0.39 is 18.0 Å². The molecule has 1 aliphatic rings. The Morgan fingerprint density at radius 2 is 1.81 bits per heavy atom. The summed E-state index contributed by atoms with van der Waals surface area (Å²) in [5.74, 6) is -0.583. The van der Waals surface area contributed by atoms with Crippen LogP contribution in [0, 0.1) is 0 Å². The van der Waals surface area contributed by atoms with Gasteiger partial charge in [0.25, 0.3) is 0 Å². The molecule has 6 nitrogen and oxygen atoms in total. The van der Waals surface area contributed by atoms with Gasteiger partial charge in [-0.05, 0) is 36.1 Å². The van der Waals surface area contributed by atoms with Gasteiger partial charge in [0, 0.05) is 19.8 Å². The summed E-state index contributed by atoms with van der Waals surface area (Å²) in [6, 6.07) is 16.9. The lowest BCUT2D eigenvalue weighted by Gasteiger charge is -2.36. The van der Waals surface area contributed by atoms with E-state index >= 15 is 0 Å². The Kier molecular flexibility index (Phi) is 6.08. The summed E-state index contributed by atoms with van der Waals surface area (Å²) in [7, 11) is 0. The predicted molar refractivity (Wildman–Crippen MR) is 99.6 cm³/mol. The number of hydrogen-bond donors (Lipinski definition) is 2. The number of benzene rings is 2. The maximum absolute atomic E-state index is 13.1. The van der Waals surface area contributed by atoms with Crippen LogP contribution in [0.3, 0.4) is 0 Å². The van der Waals surface area contributed by atoms with E-state index in [2.05, 4.69) is 5.32 Å². The largest absolute Gasteiger partial charge is 0.482 e. The van der Waals surface area contributed by atoms with Gasteiger partial charge in [0.1, 0.15) is 5.75 Å². The van der Waals surface area contributed by atoms with Crippen LogP contribution in [-0.2, 0) is 26.3 Å². The van der Waals surface area contributed by atoms with Crippen molar-refractivity contribution in [1.82, 2.24) is 5.32 Å². The topological polar surface area (TPSA) is 84.9 Å². The van der Waals surface area contributed by atoms with E-state index in [0.717, 1.165) is 11.1 Å². The average Bonchev–Trinajstić information content (AvgIpc) is 2.72. The SMILES string of the molecule is O=C(O)COc1cccc(CNC(=O)C2(c3ccccc3)CCOCC2)c1. The highest BCUT2D eigenvalue weighted by Crippen LogP contribution is 2.35. The van der Waals surface area contributed by atoms with Gasteiger partial charge in [-0.3, -0.25) is 4.79 Å². The van der Waals surface area contributed by atoms with Crippen LogP contribution in [0.5, 0.6) is 5.75 Å². The van der Waals surface area contributed by atoms with Crippen LogP contribution in [0.25, 0.3) is 0 Å². The van der Waals surface area contributed by atoms with Crippen molar-refractivity contribution < 1.29 is 24.2 Å². The quantitative estimate of drug-likeness (QED) is 0.783. The minimum absolute atomic E-state index is 0.0196. The first-order valence-electron chi connectivity index (χ1n) is 8.95. The molecule has 0 atom stereocenters. The lowest BCUT2D eigenvalue weighted by Crippen LogP contribution is -2.47. The van der Waals surface area contributed by atoms with E-state index in [4.69, 9.17) is 14.6 Å². The number of carboxylic acid groups (broad SMARTS) is 1. The second-order valence-corrected chi connectivity index (χ2v) is 6.57. The van der Waals surface area contributed by atoms with Gasteiger partial charge < -0.3 is 19.9 Å². The maximum Gasteiger partial charge on any atom is 0.341 e. The Morgan fingerprint density at radius 1 is 1.07 bits per heavy atom. The van der Waals surface area contributed by atoms with E-state index in [9.17, 15) is 9.59 Å². The Labute approximate surface area is 158 Å². The average molecular weight is 369 g/mol. The molecule has 1 aliphatic heterocycles. The molecule has 27 heavy (non-hydrogen) atoms. The number of carbonyl (C=O) groups excluding carboxylic acids is 1. The monoisotopic (exact) mass is 369 g/mol. The molecule has 0 saturated carbocycles. The van der Waals surface area contributed by atoms with E-state index in [1.165, 1.54) is 0 Å². The van der Waals surface area contributed by atoms with Gasteiger partial charge in [-0.1, -0.05) is 42.5 Å². The summed E-state index contributed by atoms with van der Waals surface area (Å²) < 4.78 is 10.7. The van der Waals surface area contributed by atoms with Crippen molar-refractivity contribution >= 4 is 11.9 Å². The van der Waals surface area contributed by atoms with Crippen LogP contribution in [0.15, 0.2) is 54.6 Å². The van der Waals surface area contributed by atoms with Crippen molar-refractivity contribution in [3.8, 4) is 5.75 Å². The fourth-order valence-corrected chi connectivity index (χ4v) is 3.37. The number of carboxylic acids is 1. The van der Waals surface area contributed by atoms with Crippen molar-refractivity contribution in [1.29, 1.82) is 0 Å². The maximum atomic E-state index is 13.1. The van der Waals surface area contributed by atoms with Crippen LogP contribution < -0.4 is 10.1 Å². The molecule has 142 valence electrons. The van der Waals surface area contributed by atoms with Gasteiger partial charge in [-0.2, -0.15) is 0 Å². The summed E-state index contributed by atoms with van der Waals surface area (Å²) in [5, 5.41) is 11.7. The Morgan fingerprint density at radius 3 is 2.52 bits per heavy atom. The van der Waals surface area contributed by atoms with Gasteiger partial charge in [0.05, 0.1) is 5.41 Å². The van der Waals surface area contributed by atoms with E-state index in [-0.39, 0.29) is 5.91 Å². The van der Waals surface area contributed by atoms with Crippen LogP contribution >= 0.6 is 0 Å². The van der Waals surface area contributed by atoms with Gasteiger partial charge in [-0.25, -0.2) is 4.79 Å². The van der Waals surface area contributed by atoms with Gasteiger partial charge in [-0.15, -0.1) is 0 Å². The number of rotatable bonds is 7. The molecule has 3 rings (SSSR count). The van der Waals surface area contributed by atoms with Gasteiger partial charge >= 0.3 is 5.97 Å². The highest BCUT2D eigenvalue weighted by Gasteiger charge is 2.41. The number of amides is 1. The molecule has 0 bridgehead atoms. The first kappa shape index (κ1) is 18.9. The number of hydrogen-bond acceptors (Lipinski definition) is 4. The Bertz CT molecular complexity index is 784. The summed E-state index contributed by atoms with van der Waals surface area (Å²) in [4.78, 5) is 23.7. The molecule has 0 aliphatic carbocycles. The second-order valence-electron chi connectivity index (χ2n) is 6.57. The Balaban J connectivity index is 1.70. The Hall–Kier alpha value is -2.86. The predicted octanol–water partition coefficient (Wildman–Crippen LogP) is 2.51. The normalized spacial score (nSPS) is 15.7. The molecule has 1 saturated heterocycles. The molecule has 0 unspecified atom stereocenters. The van der Waals surface area contributed by atoms with E-state index in [1.54, 1.807) is 18.2 Å². The van der Waals surface area contributed by atoms with Crippen LogP contribution in [0.1, 0.15) is 24.0 Å². The number of nitrogens with one attached hydrogen (secondary N) is 1. The van der Waals surface area contributed by atoms with Crippen molar-refractivity contribution in [2.75, 3.05) is 19.8 Å². The fourth-order valence-electron chi connectivity index (χ4n) is 3.37. The smallest absolute Gasteiger partial charge is 0.341 e. The van der Waals surface area contributed by atoms with Crippen LogP contribution in [-0.4, -0.2) is 36.8 Å². The molecular formula is C21H23NO5. The first-order chi connectivity index (χ1) is 13.1. The zero-order valence-electron chi connectivity index (χ0n) is 15.0. The number of carbonyl (C=O) groups is 2. The molecule has 2 aromatic carbocycles. The van der Waals surface area contributed by atoms with Gasteiger partial charge in [0.2, 0.25) is 5.91 Å². The van der Waals surface area contributed by atoms with E-state index in [1.807, 2.05) is 36.4 Å². The highest BCUT2D eigenvalue weighted by molar-refractivity contribution is 5.88. The fraction of sp³-hybridized carbons (Fsp3) is 0.333. The molecule has 1 fully saturated rings. The molecule has 0 aromatic heterocycles. The molecule has 1 amide bonds. The van der Waals surface area contributed by atoms with Crippen molar-refractivity contribution in [2.24, 2.45) is 0 Å². The number of aliphatic carboxylic acids is 1. The summed E-state index contributed by atoms with van der Waals surface area (Å²) >= 11 is 0. The molecule has 2 N–H and O–H groups in total. The van der Waals surface area contributed by atoms with Crippen LogP contribution in [0.2, 0.25) is 0 Å². The van der Waals surface area contributed by atoms with E-state index in [0.29, 0.717) is 38.3 Å². The zero-order valence-corrected chi connectivity index (χ0v) is 15.0. The number of ether oxygens (including phenoxy) is 2. The summed E-state index contributed by atoms with van der Waals surface area (Å²) in [6.07, 6.45) is 1.29. The second kappa shape index (κ2) is 8.68. The van der Waals surface area contributed by atoms with Crippen molar-refractivity contribution in [2.45, 2.75) is 24.8 Å². The lowest BCUT2D eigenvalue weighted by molar-refractivity contribution is -0.139. The lowest BCUT2D eigenvalue weighted by atomic mass is 9.73. The minimum Gasteiger partial charge on any atom is -0.482 e. The third-order valence-electron chi connectivity index (χ3n) is 4.82. The molecular weight excluding hydrogens is 346 g/mol. The molecule has 0 spiro atoms. The van der Waals surface area contributed by atoms with Crippen molar-refractivity contribution in [3.63, 3.8) is 0 Å². The van der Waals surface area contributed by atoms with Gasteiger partial charge in [0.15, 0.2) is 6.61 Å². The standard InChI is InChI=1S/C21H23NO5/c23-19(24)15-27-18-8-4-5-16(13-18)14-22-20(25)21(9-11-26-12-10-21)17-6-2-1-3-7-17/h1-8,13H,9-12,14-15H2,(H,22,25)(H,23,24). The zero-order chi connectivity index (χ0) is 19.1. The van der Waals surface area contributed by atoms with Crippen molar-refractivity contribution in [3.05, 3.63) is 65.7 Å². The highest BCUT2D eigenvalue weighted by atomic mass is 16.5. The third-order valence-corrected chi connectivity index (χ3v) is 4.82. The van der Waals surface area contributed by atoms with Crippen LogP contribution in [0.4, 0.5) is 0 Å². The third kappa shape index (κ3) is 4.65. The molecule has 2 aromatic rings. The summed E-state index contributed by atoms with van der Waals surface area (Å²) in [6.45, 7) is 1.06. The molecule has 0 radical (unpaired) electrons.